The van der Waals surface area contributed by atoms with Crippen molar-refractivity contribution in [1.29, 1.82) is 0 Å². The van der Waals surface area contributed by atoms with Crippen LogP contribution >= 0.6 is 23.2 Å². The minimum Gasteiger partial charge on any atom is -0.481 e. The summed E-state index contributed by atoms with van der Waals surface area (Å²) in [5.41, 5.74) is 4.44. The van der Waals surface area contributed by atoms with Crippen molar-refractivity contribution in [3.8, 4) is 11.1 Å². The molecule has 3 nitrogen and oxygen atoms in total. The highest BCUT2D eigenvalue weighted by Gasteiger charge is 2.31. The number of carbonyl (C=O) groups is 1. The van der Waals surface area contributed by atoms with Gasteiger partial charge in [-0.05, 0) is 53.8 Å². The van der Waals surface area contributed by atoms with Crippen LogP contribution in [0.5, 0.6) is 0 Å². The number of hydrogen-bond acceptors (Lipinski definition) is 2. The van der Waals surface area contributed by atoms with E-state index in [1.54, 1.807) is 0 Å². The Bertz CT molecular complexity index is 1020. The van der Waals surface area contributed by atoms with Crippen molar-refractivity contribution in [2.75, 3.05) is 13.1 Å². The van der Waals surface area contributed by atoms with Gasteiger partial charge in [0.15, 0.2) is 0 Å². The molecule has 3 aromatic carbocycles. The number of carboxylic acids is 1. The second-order valence-electron chi connectivity index (χ2n) is 7.74. The van der Waals surface area contributed by atoms with Crippen molar-refractivity contribution in [3.63, 3.8) is 0 Å². The minimum atomic E-state index is -0.730. The first-order valence-electron chi connectivity index (χ1n) is 10.1. The maximum Gasteiger partial charge on any atom is 0.307 e. The first kappa shape index (κ1) is 20.9. The quantitative estimate of drug-likeness (QED) is 0.489. The topological polar surface area (TPSA) is 40.5 Å². The summed E-state index contributed by atoms with van der Waals surface area (Å²) in [6, 6.07) is 24.3. The Labute approximate surface area is 186 Å². The van der Waals surface area contributed by atoms with Crippen molar-refractivity contribution in [1.82, 2.24) is 4.90 Å². The van der Waals surface area contributed by atoms with Gasteiger partial charge in [0.1, 0.15) is 0 Å². The number of halogens is 2. The van der Waals surface area contributed by atoms with Crippen LogP contribution in [0.25, 0.3) is 11.1 Å². The highest BCUT2D eigenvalue weighted by molar-refractivity contribution is 6.42. The summed E-state index contributed by atoms with van der Waals surface area (Å²) in [5, 5.41) is 10.6. The molecule has 1 fully saturated rings. The van der Waals surface area contributed by atoms with E-state index in [4.69, 9.17) is 23.2 Å². The van der Waals surface area contributed by atoms with Gasteiger partial charge < -0.3 is 5.11 Å². The molecule has 2 unspecified atom stereocenters. The van der Waals surface area contributed by atoms with Crippen LogP contribution in [-0.2, 0) is 4.79 Å². The molecule has 0 aromatic heterocycles. The van der Waals surface area contributed by atoms with Gasteiger partial charge in [0.25, 0.3) is 0 Å². The van der Waals surface area contributed by atoms with E-state index in [1.165, 1.54) is 5.56 Å². The number of rotatable bonds is 5. The maximum absolute atomic E-state index is 11.6. The van der Waals surface area contributed by atoms with Gasteiger partial charge in [0.05, 0.1) is 22.0 Å². The molecule has 154 valence electrons. The Kier molecular flexibility index (Phi) is 6.43. The van der Waals surface area contributed by atoms with E-state index in [0.29, 0.717) is 23.0 Å². The molecule has 1 N–H and O–H groups in total. The number of hydrogen-bond donors (Lipinski definition) is 1. The van der Waals surface area contributed by atoms with Gasteiger partial charge in [-0.3, -0.25) is 9.69 Å². The molecule has 5 heteroatoms. The highest BCUT2D eigenvalue weighted by atomic mass is 35.5. The van der Waals surface area contributed by atoms with Crippen LogP contribution in [0.4, 0.5) is 0 Å². The lowest BCUT2D eigenvalue weighted by molar-refractivity contribution is -0.143. The van der Waals surface area contributed by atoms with Crippen molar-refractivity contribution in [2.45, 2.75) is 18.9 Å². The lowest BCUT2D eigenvalue weighted by Crippen LogP contribution is -2.41. The minimum absolute atomic E-state index is 0.0771. The summed E-state index contributed by atoms with van der Waals surface area (Å²) in [6.45, 7) is 1.36. The summed E-state index contributed by atoms with van der Waals surface area (Å²) in [6.07, 6.45) is 1.57. The van der Waals surface area contributed by atoms with E-state index in [9.17, 15) is 9.90 Å². The standard InChI is InChI=1S/C25H23Cl2NO2/c26-22-13-12-20(15-23(22)27)24(28-14-4-7-21(16-28)25(29)30)19-10-8-18(9-11-19)17-5-2-1-3-6-17/h1-3,5-6,8-13,15,21,24H,4,7,14,16H2,(H,29,30). The molecule has 4 rings (SSSR count). The zero-order chi connectivity index (χ0) is 21.1. The third-order valence-corrected chi connectivity index (χ3v) is 6.50. The average molecular weight is 440 g/mol. The Morgan fingerprint density at radius 1 is 0.900 bits per heavy atom. The van der Waals surface area contributed by atoms with Gasteiger partial charge in [0.2, 0.25) is 0 Å². The molecule has 1 aliphatic heterocycles. The van der Waals surface area contributed by atoms with Crippen LogP contribution in [0.1, 0.15) is 30.0 Å². The molecule has 1 saturated heterocycles. The van der Waals surface area contributed by atoms with Crippen LogP contribution in [0.2, 0.25) is 10.0 Å². The summed E-state index contributed by atoms with van der Waals surface area (Å²) in [4.78, 5) is 13.9. The number of likely N-dealkylation sites (tertiary alicyclic amines) is 1. The van der Waals surface area contributed by atoms with Crippen molar-refractivity contribution in [3.05, 3.63) is 94.0 Å². The summed E-state index contributed by atoms with van der Waals surface area (Å²) in [5.74, 6) is -1.08. The third-order valence-electron chi connectivity index (χ3n) is 5.76. The maximum atomic E-state index is 11.6. The summed E-state index contributed by atoms with van der Waals surface area (Å²) < 4.78 is 0. The monoisotopic (exact) mass is 439 g/mol. The molecule has 0 saturated carbocycles. The number of nitrogens with zero attached hydrogens (tertiary/aromatic N) is 1. The fourth-order valence-corrected chi connectivity index (χ4v) is 4.53. The summed E-state index contributed by atoms with van der Waals surface area (Å²) in [7, 11) is 0. The molecule has 2 atom stereocenters. The lowest BCUT2D eigenvalue weighted by Gasteiger charge is -2.37. The Balaban J connectivity index is 1.71. The number of benzene rings is 3. The van der Waals surface area contributed by atoms with E-state index in [2.05, 4.69) is 41.3 Å². The van der Waals surface area contributed by atoms with Crippen LogP contribution < -0.4 is 0 Å². The molecule has 0 spiro atoms. The van der Waals surface area contributed by atoms with Gasteiger partial charge in [-0.25, -0.2) is 0 Å². The van der Waals surface area contributed by atoms with Crippen molar-refractivity contribution >= 4 is 29.2 Å². The molecule has 30 heavy (non-hydrogen) atoms. The zero-order valence-electron chi connectivity index (χ0n) is 16.5. The van der Waals surface area contributed by atoms with Gasteiger partial charge in [-0.15, -0.1) is 0 Å². The fraction of sp³-hybridized carbons (Fsp3) is 0.240. The predicted octanol–water partition coefficient (Wildman–Crippen LogP) is 6.55. The van der Waals surface area contributed by atoms with Crippen LogP contribution in [0.15, 0.2) is 72.8 Å². The second kappa shape index (κ2) is 9.22. The van der Waals surface area contributed by atoms with E-state index >= 15 is 0 Å². The SMILES string of the molecule is O=C(O)C1CCCN(C(c2ccc(-c3ccccc3)cc2)c2ccc(Cl)c(Cl)c2)C1. The predicted molar refractivity (Wildman–Crippen MR) is 122 cm³/mol. The zero-order valence-corrected chi connectivity index (χ0v) is 18.0. The molecule has 0 aliphatic carbocycles. The van der Waals surface area contributed by atoms with Gasteiger partial charge in [0, 0.05) is 6.54 Å². The first-order chi connectivity index (χ1) is 14.5. The summed E-state index contributed by atoms with van der Waals surface area (Å²) >= 11 is 12.5. The Hall–Kier alpha value is -2.33. The second-order valence-corrected chi connectivity index (χ2v) is 8.55. The largest absolute Gasteiger partial charge is 0.481 e. The molecule has 0 radical (unpaired) electrons. The van der Waals surface area contributed by atoms with E-state index in [1.807, 2.05) is 36.4 Å². The van der Waals surface area contributed by atoms with Crippen LogP contribution in [-0.4, -0.2) is 29.1 Å². The number of carboxylic acid groups (broad SMARTS) is 1. The molecular weight excluding hydrogens is 417 g/mol. The van der Waals surface area contributed by atoms with Gasteiger partial charge in [-0.1, -0.05) is 83.9 Å². The van der Waals surface area contributed by atoms with Crippen LogP contribution in [0, 0.1) is 5.92 Å². The third kappa shape index (κ3) is 4.54. The molecule has 1 aliphatic rings. The molecule has 3 aromatic rings. The number of piperidine rings is 1. The molecular formula is C25H23Cl2NO2. The number of aliphatic carboxylic acids is 1. The molecule has 0 bridgehead atoms. The lowest BCUT2D eigenvalue weighted by atomic mass is 9.90. The first-order valence-corrected chi connectivity index (χ1v) is 10.9. The molecule has 0 amide bonds. The highest BCUT2D eigenvalue weighted by Crippen LogP contribution is 2.36. The Morgan fingerprint density at radius 2 is 1.57 bits per heavy atom. The Morgan fingerprint density at radius 3 is 2.23 bits per heavy atom. The van der Waals surface area contributed by atoms with E-state index < -0.39 is 5.97 Å². The normalized spacial score (nSPS) is 18.1. The van der Waals surface area contributed by atoms with E-state index in [-0.39, 0.29) is 12.0 Å². The van der Waals surface area contributed by atoms with Gasteiger partial charge in [-0.2, -0.15) is 0 Å². The van der Waals surface area contributed by atoms with E-state index in [0.717, 1.165) is 29.7 Å². The fourth-order valence-electron chi connectivity index (χ4n) is 4.23. The van der Waals surface area contributed by atoms with Crippen LogP contribution in [0.3, 0.4) is 0 Å². The smallest absolute Gasteiger partial charge is 0.307 e. The average Bonchev–Trinajstić information content (AvgIpc) is 2.78. The molecule has 1 heterocycles. The van der Waals surface area contributed by atoms with Gasteiger partial charge >= 0.3 is 5.97 Å². The van der Waals surface area contributed by atoms with Crippen molar-refractivity contribution in [2.24, 2.45) is 5.92 Å². The van der Waals surface area contributed by atoms with Crippen molar-refractivity contribution < 1.29 is 9.90 Å².